The Morgan fingerprint density at radius 3 is 2.76 bits per heavy atom. The third kappa shape index (κ3) is 4.71. The Labute approximate surface area is 106 Å². The maximum absolute atomic E-state index is 13.6. The molecular formula is C12H17ClFN3. The van der Waals surface area contributed by atoms with Crippen molar-refractivity contribution in [3.05, 3.63) is 34.6 Å². The van der Waals surface area contributed by atoms with Crippen molar-refractivity contribution in [2.45, 2.75) is 19.9 Å². The number of nitrogens with one attached hydrogen (secondary N) is 1. The summed E-state index contributed by atoms with van der Waals surface area (Å²) >= 11 is 5.69. The predicted molar refractivity (Wildman–Crippen MR) is 68.9 cm³/mol. The Kier molecular flexibility index (Phi) is 5.38. The van der Waals surface area contributed by atoms with E-state index < -0.39 is 0 Å². The number of amidine groups is 1. The quantitative estimate of drug-likeness (QED) is 0.608. The zero-order chi connectivity index (χ0) is 12.8. The topological polar surface area (TPSA) is 53.1 Å². The van der Waals surface area contributed by atoms with Crippen LogP contribution in [0.15, 0.2) is 18.2 Å². The van der Waals surface area contributed by atoms with E-state index >= 15 is 0 Å². The van der Waals surface area contributed by atoms with Gasteiger partial charge in [-0.15, -0.1) is 0 Å². The highest BCUT2D eigenvalue weighted by Gasteiger charge is 2.08. The Morgan fingerprint density at radius 2 is 2.24 bits per heavy atom. The molecule has 1 rings (SSSR count). The summed E-state index contributed by atoms with van der Waals surface area (Å²) in [6.07, 6.45) is 0.503. The van der Waals surface area contributed by atoms with Gasteiger partial charge in [-0.2, -0.15) is 0 Å². The van der Waals surface area contributed by atoms with Crippen molar-refractivity contribution in [2.75, 3.05) is 13.1 Å². The molecule has 0 spiro atoms. The van der Waals surface area contributed by atoms with Crippen LogP contribution in [0.5, 0.6) is 0 Å². The van der Waals surface area contributed by atoms with Crippen molar-refractivity contribution >= 4 is 17.4 Å². The number of nitrogens with zero attached hydrogens (tertiary/aromatic N) is 1. The Hall–Kier alpha value is -1.13. The first-order valence-corrected chi connectivity index (χ1v) is 5.90. The predicted octanol–water partition coefficient (Wildman–Crippen LogP) is 2.63. The zero-order valence-corrected chi connectivity index (χ0v) is 10.6. The fraction of sp³-hybridized carbons (Fsp3) is 0.417. The van der Waals surface area contributed by atoms with Crippen LogP contribution in [0.4, 0.5) is 4.39 Å². The molecule has 94 valence electrons. The van der Waals surface area contributed by atoms with E-state index in [9.17, 15) is 4.39 Å². The minimum Gasteiger partial charge on any atom is -0.388 e. The summed E-state index contributed by atoms with van der Waals surface area (Å²) < 4.78 is 13.6. The van der Waals surface area contributed by atoms with Gasteiger partial charge in [-0.3, -0.25) is 10.3 Å². The van der Waals surface area contributed by atoms with Crippen LogP contribution in [-0.4, -0.2) is 23.8 Å². The molecule has 1 aromatic carbocycles. The van der Waals surface area contributed by atoms with Gasteiger partial charge in [-0.05, 0) is 18.7 Å². The fourth-order valence-corrected chi connectivity index (χ4v) is 1.68. The van der Waals surface area contributed by atoms with E-state index in [0.29, 0.717) is 30.1 Å². The molecule has 0 fully saturated rings. The van der Waals surface area contributed by atoms with Crippen molar-refractivity contribution in [1.29, 1.82) is 5.41 Å². The molecule has 0 amide bonds. The summed E-state index contributed by atoms with van der Waals surface area (Å²) in [5.74, 6) is -0.140. The molecule has 0 saturated heterocycles. The SMILES string of the molecule is CCN(CCC(=N)N)Cc1ccc(Cl)cc1F. The van der Waals surface area contributed by atoms with Crippen molar-refractivity contribution in [1.82, 2.24) is 4.90 Å². The van der Waals surface area contributed by atoms with Crippen LogP contribution in [0.1, 0.15) is 18.9 Å². The lowest BCUT2D eigenvalue weighted by molar-refractivity contribution is 0.284. The van der Waals surface area contributed by atoms with Crippen LogP contribution in [-0.2, 0) is 6.54 Å². The number of hydrogen-bond donors (Lipinski definition) is 2. The van der Waals surface area contributed by atoms with E-state index in [1.54, 1.807) is 12.1 Å². The van der Waals surface area contributed by atoms with Crippen molar-refractivity contribution in [3.63, 3.8) is 0 Å². The summed E-state index contributed by atoms with van der Waals surface area (Å²) in [4.78, 5) is 2.04. The molecule has 0 bridgehead atoms. The minimum absolute atomic E-state index is 0.153. The van der Waals surface area contributed by atoms with E-state index in [2.05, 4.69) is 0 Å². The van der Waals surface area contributed by atoms with Gasteiger partial charge in [0.1, 0.15) is 5.82 Å². The molecule has 5 heteroatoms. The number of nitrogens with two attached hydrogens (primary N) is 1. The zero-order valence-electron chi connectivity index (χ0n) is 9.84. The third-order valence-electron chi connectivity index (χ3n) is 2.55. The van der Waals surface area contributed by atoms with Gasteiger partial charge in [-0.1, -0.05) is 24.6 Å². The summed E-state index contributed by atoms with van der Waals surface area (Å²) in [5.41, 5.74) is 5.91. The van der Waals surface area contributed by atoms with E-state index in [1.807, 2.05) is 11.8 Å². The van der Waals surface area contributed by atoms with Gasteiger partial charge >= 0.3 is 0 Å². The standard InChI is InChI=1S/C12H17ClFN3/c1-2-17(6-5-12(15)16)8-9-3-4-10(13)7-11(9)14/h3-4,7H,2,5-6,8H2,1H3,(H3,15,16). The molecule has 17 heavy (non-hydrogen) atoms. The molecule has 0 aliphatic carbocycles. The molecule has 1 aromatic rings. The lowest BCUT2D eigenvalue weighted by atomic mass is 10.2. The summed E-state index contributed by atoms with van der Waals surface area (Å²) in [6, 6.07) is 4.68. The second-order valence-corrected chi connectivity index (χ2v) is 4.32. The first kappa shape index (κ1) is 13.9. The van der Waals surface area contributed by atoms with Gasteiger partial charge in [0, 0.05) is 30.1 Å². The lowest BCUT2D eigenvalue weighted by Gasteiger charge is -2.20. The monoisotopic (exact) mass is 257 g/mol. The number of hydrogen-bond acceptors (Lipinski definition) is 2. The molecular weight excluding hydrogens is 241 g/mol. The first-order chi connectivity index (χ1) is 8.02. The number of halogens is 2. The van der Waals surface area contributed by atoms with Crippen molar-refractivity contribution in [3.8, 4) is 0 Å². The second-order valence-electron chi connectivity index (χ2n) is 3.88. The van der Waals surface area contributed by atoms with Crippen LogP contribution in [0.3, 0.4) is 0 Å². The van der Waals surface area contributed by atoms with Gasteiger partial charge in [-0.25, -0.2) is 4.39 Å². The normalized spacial score (nSPS) is 10.8. The highest BCUT2D eigenvalue weighted by Crippen LogP contribution is 2.16. The molecule has 0 radical (unpaired) electrons. The van der Waals surface area contributed by atoms with E-state index in [0.717, 1.165) is 6.54 Å². The van der Waals surface area contributed by atoms with Gasteiger partial charge < -0.3 is 5.73 Å². The Bertz CT molecular complexity index is 395. The highest BCUT2D eigenvalue weighted by atomic mass is 35.5. The summed E-state index contributed by atoms with van der Waals surface area (Å²) in [7, 11) is 0. The molecule has 3 N–H and O–H groups in total. The molecule has 0 unspecified atom stereocenters. The van der Waals surface area contributed by atoms with Crippen molar-refractivity contribution < 1.29 is 4.39 Å². The van der Waals surface area contributed by atoms with E-state index in [4.69, 9.17) is 22.7 Å². The fourth-order valence-electron chi connectivity index (χ4n) is 1.52. The molecule has 0 aromatic heterocycles. The summed E-state index contributed by atoms with van der Waals surface area (Å²) in [6.45, 7) is 3.95. The average molecular weight is 258 g/mol. The molecule has 0 aliphatic rings. The number of benzene rings is 1. The molecule has 0 saturated carbocycles. The second kappa shape index (κ2) is 6.57. The molecule has 0 aliphatic heterocycles. The maximum atomic E-state index is 13.6. The van der Waals surface area contributed by atoms with Gasteiger partial charge in [0.05, 0.1) is 5.84 Å². The first-order valence-electron chi connectivity index (χ1n) is 5.52. The van der Waals surface area contributed by atoms with Crippen LogP contribution < -0.4 is 5.73 Å². The van der Waals surface area contributed by atoms with E-state index in [1.165, 1.54) is 6.07 Å². The Balaban J connectivity index is 2.63. The van der Waals surface area contributed by atoms with E-state index in [-0.39, 0.29) is 11.7 Å². The third-order valence-corrected chi connectivity index (χ3v) is 2.79. The minimum atomic E-state index is -0.293. The molecule has 0 atom stereocenters. The molecule has 0 heterocycles. The lowest BCUT2D eigenvalue weighted by Crippen LogP contribution is -2.27. The molecule has 3 nitrogen and oxygen atoms in total. The number of rotatable bonds is 6. The maximum Gasteiger partial charge on any atom is 0.129 e. The summed E-state index contributed by atoms with van der Waals surface area (Å²) in [5, 5.41) is 7.57. The van der Waals surface area contributed by atoms with Gasteiger partial charge in [0.25, 0.3) is 0 Å². The van der Waals surface area contributed by atoms with Crippen LogP contribution in [0.25, 0.3) is 0 Å². The Morgan fingerprint density at radius 1 is 1.53 bits per heavy atom. The van der Waals surface area contributed by atoms with Crippen LogP contribution in [0, 0.1) is 11.2 Å². The van der Waals surface area contributed by atoms with Gasteiger partial charge in [0.2, 0.25) is 0 Å². The highest BCUT2D eigenvalue weighted by molar-refractivity contribution is 6.30. The van der Waals surface area contributed by atoms with Crippen molar-refractivity contribution in [2.24, 2.45) is 5.73 Å². The van der Waals surface area contributed by atoms with Gasteiger partial charge in [0.15, 0.2) is 0 Å². The average Bonchev–Trinajstić information content (AvgIpc) is 2.26. The van der Waals surface area contributed by atoms with Crippen LogP contribution >= 0.6 is 11.6 Å². The van der Waals surface area contributed by atoms with Crippen LogP contribution in [0.2, 0.25) is 5.02 Å². The largest absolute Gasteiger partial charge is 0.388 e. The smallest absolute Gasteiger partial charge is 0.129 e.